The van der Waals surface area contributed by atoms with E-state index in [2.05, 4.69) is 37.7 Å². The van der Waals surface area contributed by atoms with Gasteiger partial charge in [0.2, 0.25) is 0 Å². The van der Waals surface area contributed by atoms with Crippen LogP contribution in [-0.2, 0) is 11.3 Å². The molecule has 0 saturated heterocycles. The van der Waals surface area contributed by atoms with Gasteiger partial charge < -0.3 is 9.88 Å². The first-order chi connectivity index (χ1) is 12.7. The molecule has 5 nitrogen and oxygen atoms in total. The summed E-state index contributed by atoms with van der Waals surface area (Å²) in [6, 6.07) is 15.5. The summed E-state index contributed by atoms with van der Waals surface area (Å²) < 4.78 is 2.97. The monoisotopic (exact) mass is 408 g/mol. The van der Waals surface area contributed by atoms with Gasteiger partial charge >= 0.3 is 0 Å². The zero-order chi connectivity index (χ0) is 18.4. The number of hydrogen-bond acceptors (Lipinski definition) is 3. The Morgan fingerprint density at radius 3 is 2.77 bits per heavy atom. The fraction of sp³-hybridized carbons (Fsp3) is 0.100. The van der Waals surface area contributed by atoms with Crippen LogP contribution in [0.5, 0.6) is 0 Å². The van der Waals surface area contributed by atoms with Crippen molar-refractivity contribution < 1.29 is 4.79 Å². The molecule has 6 heteroatoms. The third kappa shape index (κ3) is 4.32. The number of para-hydroxylation sites is 1. The summed E-state index contributed by atoms with van der Waals surface area (Å²) in [6.07, 6.45) is 8.98. The number of hydrogen-bond donors (Lipinski definition) is 2. The van der Waals surface area contributed by atoms with E-state index < -0.39 is 0 Å². The third-order valence-corrected chi connectivity index (χ3v) is 4.30. The van der Waals surface area contributed by atoms with Crippen molar-refractivity contribution in [2.45, 2.75) is 6.54 Å². The topological polar surface area (TPSA) is 58.4 Å². The van der Waals surface area contributed by atoms with Crippen molar-refractivity contribution in [2.75, 3.05) is 11.9 Å². The molecule has 0 spiro atoms. The molecule has 0 radical (unpaired) electrons. The van der Waals surface area contributed by atoms with E-state index in [0.717, 1.165) is 26.6 Å². The van der Waals surface area contributed by atoms with E-state index in [1.54, 1.807) is 6.21 Å². The molecule has 3 rings (SSSR count). The van der Waals surface area contributed by atoms with Crippen LogP contribution in [-0.4, -0.2) is 23.2 Å². The standard InChI is InChI=1S/C20H17BrN4O/c1-2-11-25-14-15(18-5-3-4-6-19(18)25)12-23-24-20(26)13-22-17-9-7-16(21)8-10-17/h1,3-10,12,14,22H,11,13H2,(H,24,26)/b23-12-. The van der Waals surface area contributed by atoms with Crippen molar-refractivity contribution in [2.24, 2.45) is 5.10 Å². The quantitative estimate of drug-likeness (QED) is 0.371. The van der Waals surface area contributed by atoms with Gasteiger partial charge in [-0.2, -0.15) is 5.10 Å². The van der Waals surface area contributed by atoms with Gasteiger partial charge in [0.05, 0.1) is 19.3 Å². The zero-order valence-corrected chi connectivity index (χ0v) is 15.5. The van der Waals surface area contributed by atoms with E-state index in [0.29, 0.717) is 6.54 Å². The lowest BCUT2D eigenvalue weighted by atomic mass is 10.2. The molecule has 0 fully saturated rings. The van der Waals surface area contributed by atoms with Crippen molar-refractivity contribution in [1.82, 2.24) is 9.99 Å². The number of halogens is 1. The van der Waals surface area contributed by atoms with E-state index in [4.69, 9.17) is 6.42 Å². The molecule has 2 N–H and O–H groups in total. The number of carbonyl (C=O) groups excluding carboxylic acids is 1. The van der Waals surface area contributed by atoms with Crippen molar-refractivity contribution in [3.8, 4) is 12.3 Å². The van der Waals surface area contributed by atoms with E-state index in [1.165, 1.54) is 0 Å². The number of benzene rings is 2. The average molecular weight is 409 g/mol. The second-order valence-electron chi connectivity index (χ2n) is 5.59. The summed E-state index contributed by atoms with van der Waals surface area (Å²) in [5.74, 6) is 2.41. The highest BCUT2D eigenvalue weighted by atomic mass is 79.9. The first kappa shape index (κ1) is 17.8. The lowest BCUT2D eigenvalue weighted by molar-refractivity contribution is -0.119. The lowest BCUT2D eigenvalue weighted by Crippen LogP contribution is -2.25. The molecule has 3 aromatic rings. The highest BCUT2D eigenvalue weighted by Gasteiger charge is 2.06. The predicted octanol–water partition coefficient (Wildman–Crippen LogP) is 3.60. The predicted molar refractivity (Wildman–Crippen MR) is 109 cm³/mol. The maximum atomic E-state index is 11.9. The number of carbonyl (C=O) groups is 1. The van der Waals surface area contributed by atoms with Crippen LogP contribution in [0.4, 0.5) is 5.69 Å². The Kier molecular flexibility index (Phi) is 5.72. The van der Waals surface area contributed by atoms with Gasteiger partial charge in [0, 0.05) is 32.8 Å². The average Bonchev–Trinajstić information content (AvgIpc) is 3.00. The molecule has 0 atom stereocenters. The van der Waals surface area contributed by atoms with Crippen LogP contribution in [0.15, 0.2) is 64.3 Å². The molecule has 2 aromatic carbocycles. The van der Waals surface area contributed by atoms with Crippen molar-refractivity contribution in [3.05, 3.63) is 64.8 Å². The molecule has 0 aliphatic heterocycles. The maximum absolute atomic E-state index is 11.9. The van der Waals surface area contributed by atoms with Crippen molar-refractivity contribution >= 4 is 44.6 Å². The minimum Gasteiger partial charge on any atom is -0.376 e. The summed E-state index contributed by atoms with van der Waals surface area (Å²) >= 11 is 3.37. The Morgan fingerprint density at radius 2 is 2.00 bits per heavy atom. The molecule has 0 aliphatic rings. The van der Waals surface area contributed by atoms with Crippen LogP contribution in [0.1, 0.15) is 5.56 Å². The number of terminal acetylenes is 1. The van der Waals surface area contributed by atoms with Gasteiger partial charge in [0.1, 0.15) is 0 Å². The first-order valence-corrected chi connectivity index (χ1v) is 8.79. The Labute approximate surface area is 160 Å². The van der Waals surface area contributed by atoms with Gasteiger partial charge in [-0.05, 0) is 30.3 Å². The van der Waals surface area contributed by atoms with Crippen LogP contribution in [0.3, 0.4) is 0 Å². The number of aromatic nitrogens is 1. The number of fused-ring (bicyclic) bond motifs is 1. The molecule has 0 unspecified atom stereocenters. The normalized spacial score (nSPS) is 10.8. The minimum absolute atomic E-state index is 0.137. The van der Waals surface area contributed by atoms with Crippen LogP contribution >= 0.6 is 15.9 Å². The van der Waals surface area contributed by atoms with Crippen LogP contribution in [0, 0.1) is 12.3 Å². The number of anilines is 1. The van der Waals surface area contributed by atoms with Crippen molar-refractivity contribution in [3.63, 3.8) is 0 Å². The molecule has 0 bridgehead atoms. The van der Waals surface area contributed by atoms with E-state index in [-0.39, 0.29) is 12.5 Å². The van der Waals surface area contributed by atoms with Gasteiger partial charge in [0.15, 0.2) is 0 Å². The van der Waals surface area contributed by atoms with Gasteiger partial charge in [-0.1, -0.05) is 40.0 Å². The second-order valence-corrected chi connectivity index (χ2v) is 6.50. The van der Waals surface area contributed by atoms with Crippen molar-refractivity contribution in [1.29, 1.82) is 0 Å². The summed E-state index contributed by atoms with van der Waals surface area (Å²) in [7, 11) is 0. The Morgan fingerprint density at radius 1 is 1.23 bits per heavy atom. The fourth-order valence-electron chi connectivity index (χ4n) is 2.57. The zero-order valence-electron chi connectivity index (χ0n) is 13.9. The smallest absolute Gasteiger partial charge is 0.259 e. The van der Waals surface area contributed by atoms with E-state index in [1.807, 2.05) is 59.3 Å². The third-order valence-electron chi connectivity index (χ3n) is 3.77. The fourth-order valence-corrected chi connectivity index (χ4v) is 2.83. The first-order valence-electron chi connectivity index (χ1n) is 8.00. The summed E-state index contributed by atoms with van der Waals surface area (Å²) in [6.45, 7) is 0.621. The summed E-state index contributed by atoms with van der Waals surface area (Å²) in [4.78, 5) is 11.9. The van der Waals surface area contributed by atoms with Gasteiger partial charge in [-0.15, -0.1) is 6.42 Å². The van der Waals surface area contributed by atoms with Gasteiger partial charge in [0.25, 0.3) is 5.91 Å². The van der Waals surface area contributed by atoms with Crippen LogP contribution < -0.4 is 10.7 Å². The Hall–Kier alpha value is -3.04. The summed E-state index contributed by atoms with van der Waals surface area (Å²) in [5, 5.41) is 8.13. The largest absolute Gasteiger partial charge is 0.376 e. The number of amides is 1. The number of nitrogens with one attached hydrogen (secondary N) is 2. The van der Waals surface area contributed by atoms with Crippen LogP contribution in [0.2, 0.25) is 0 Å². The van der Waals surface area contributed by atoms with Gasteiger partial charge in [-0.3, -0.25) is 4.79 Å². The molecule has 1 amide bonds. The molecule has 1 heterocycles. The molecule has 26 heavy (non-hydrogen) atoms. The highest BCUT2D eigenvalue weighted by Crippen LogP contribution is 2.19. The molecule has 0 saturated carbocycles. The molecule has 1 aromatic heterocycles. The number of hydrazone groups is 1. The SMILES string of the molecule is C#CCn1cc(/C=N\NC(=O)CNc2ccc(Br)cc2)c2ccccc21. The molecular formula is C20H17BrN4O. The Balaban J connectivity index is 1.61. The van der Waals surface area contributed by atoms with Crippen LogP contribution in [0.25, 0.3) is 10.9 Å². The second kappa shape index (κ2) is 8.37. The molecular weight excluding hydrogens is 392 g/mol. The van der Waals surface area contributed by atoms with E-state index >= 15 is 0 Å². The Bertz CT molecular complexity index is 983. The minimum atomic E-state index is -0.225. The number of nitrogens with zero attached hydrogens (tertiary/aromatic N) is 2. The van der Waals surface area contributed by atoms with Gasteiger partial charge in [-0.25, -0.2) is 5.43 Å². The maximum Gasteiger partial charge on any atom is 0.259 e. The molecule has 0 aliphatic carbocycles. The highest BCUT2D eigenvalue weighted by molar-refractivity contribution is 9.10. The lowest BCUT2D eigenvalue weighted by Gasteiger charge is -2.04. The summed E-state index contributed by atoms with van der Waals surface area (Å²) in [5.41, 5.74) is 5.33. The number of rotatable bonds is 6. The van der Waals surface area contributed by atoms with E-state index in [9.17, 15) is 4.79 Å². The molecule has 130 valence electrons.